The Hall–Kier alpha value is -2.29. The van der Waals surface area contributed by atoms with Gasteiger partial charge in [-0.1, -0.05) is 0 Å². The number of aromatic amines is 2. The molecule has 0 saturated carbocycles. The van der Waals surface area contributed by atoms with Crippen molar-refractivity contribution >= 4 is 33.0 Å². The number of H-pyrrole nitrogens is 2. The van der Waals surface area contributed by atoms with Crippen LogP contribution >= 0.6 is 10.6 Å². The highest BCUT2D eigenvalue weighted by atomic mass is 32.3. The van der Waals surface area contributed by atoms with Gasteiger partial charge in [0.25, 0.3) is 5.56 Å². The predicted molar refractivity (Wildman–Crippen MR) is 86.1 cm³/mol. The van der Waals surface area contributed by atoms with E-state index in [0.717, 1.165) is 11.3 Å². The van der Waals surface area contributed by atoms with E-state index in [1.54, 1.807) is 24.4 Å². The minimum atomic E-state index is -2.63. The monoisotopic (exact) mass is 318 g/mol. The number of benzene rings is 1. The summed E-state index contributed by atoms with van der Waals surface area (Å²) in [6.45, 7) is 0. The van der Waals surface area contributed by atoms with Crippen molar-refractivity contribution in [2.45, 2.75) is 11.3 Å². The van der Waals surface area contributed by atoms with Gasteiger partial charge in [0.2, 0.25) is 0 Å². The lowest BCUT2D eigenvalue weighted by molar-refractivity contribution is 0.492. The van der Waals surface area contributed by atoms with E-state index in [0.29, 0.717) is 33.8 Å². The average Bonchev–Trinajstić information content (AvgIpc) is 3.02. The molecule has 1 aromatic carbocycles. The summed E-state index contributed by atoms with van der Waals surface area (Å²) in [5.41, 5.74) is 2.11. The number of hydrogen-bond donors (Lipinski definition) is 5. The van der Waals surface area contributed by atoms with Crippen LogP contribution < -0.4 is 10.9 Å². The Morgan fingerprint density at radius 1 is 1.27 bits per heavy atom. The van der Waals surface area contributed by atoms with Crippen molar-refractivity contribution in [3.05, 3.63) is 46.4 Å². The van der Waals surface area contributed by atoms with Crippen LogP contribution in [0.3, 0.4) is 0 Å². The fourth-order valence-electron chi connectivity index (χ4n) is 2.74. The molecule has 1 aliphatic heterocycles. The normalized spacial score (nSPS) is 17.4. The SMILES string of the molecule is O=c1[nH]ccc2[nH]nc(Nc3ccc4c(c3)CCS4(O)O)c12. The topological polar surface area (TPSA) is 114 Å². The standard InChI is InChI=1S/C14H14N4O3S/c19-14-12-10(3-5-15-14)17-18-13(12)16-9-1-2-11-8(7-9)4-6-22(11,20)21/h1-3,5,7,20-21H,4,6H2,(H,15,19)(H2,16,17,18). The first-order valence-corrected chi connectivity index (χ1v) is 8.48. The first-order chi connectivity index (χ1) is 10.5. The van der Waals surface area contributed by atoms with Crippen molar-refractivity contribution in [1.29, 1.82) is 0 Å². The summed E-state index contributed by atoms with van der Waals surface area (Å²) in [7, 11) is -2.63. The first kappa shape index (κ1) is 13.4. The molecule has 5 N–H and O–H groups in total. The Labute approximate surface area is 126 Å². The smallest absolute Gasteiger partial charge is 0.261 e. The Kier molecular flexibility index (Phi) is 2.80. The van der Waals surface area contributed by atoms with Gasteiger partial charge < -0.3 is 10.3 Å². The molecule has 0 spiro atoms. The quantitative estimate of drug-likeness (QED) is 0.498. The van der Waals surface area contributed by atoms with E-state index >= 15 is 0 Å². The zero-order valence-electron chi connectivity index (χ0n) is 11.5. The van der Waals surface area contributed by atoms with Crippen LogP contribution in [0.2, 0.25) is 0 Å². The van der Waals surface area contributed by atoms with Gasteiger partial charge in [0.1, 0.15) is 5.39 Å². The Morgan fingerprint density at radius 3 is 3.00 bits per heavy atom. The minimum absolute atomic E-state index is 0.218. The molecule has 0 unspecified atom stereocenters. The summed E-state index contributed by atoms with van der Waals surface area (Å²) in [4.78, 5) is 15.1. The molecular formula is C14H14N4O3S. The summed E-state index contributed by atoms with van der Waals surface area (Å²) in [6, 6.07) is 7.09. The largest absolute Gasteiger partial charge is 0.338 e. The number of nitrogens with one attached hydrogen (secondary N) is 3. The molecule has 0 radical (unpaired) electrons. The third-order valence-electron chi connectivity index (χ3n) is 3.82. The number of anilines is 2. The zero-order chi connectivity index (χ0) is 15.3. The number of pyridine rings is 1. The van der Waals surface area contributed by atoms with Gasteiger partial charge in [-0.05, 0) is 36.2 Å². The van der Waals surface area contributed by atoms with Gasteiger partial charge in [-0.3, -0.25) is 19.0 Å². The Balaban J connectivity index is 1.74. The van der Waals surface area contributed by atoms with E-state index in [2.05, 4.69) is 20.5 Å². The molecule has 8 heteroatoms. The van der Waals surface area contributed by atoms with E-state index in [1.165, 1.54) is 0 Å². The molecule has 2 aromatic heterocycles. The summed E-state index contributed by atoms with van der Waals surface area (Å²) < 4.78 is 19.9. The van der Waals surface area contributed by atoms with Crippen molar-refractivity contribution in [3.8, 4) is 0 Å². The molecule has 114 valence electrons. The summed E-state index contributed by atoms with van der Waals surface area (Å²) >= 11 is 0. The van der Waals surface area contributed by atoms with E-state index in [9.17, 15) is 13.9 Å². The number of nitrogens with zero attached hydrogens (tertiary/aromatic N) is 1. The molecule has 0 atom stereocenters. The Bertz CT molecular complexity index is 931. The summed E-state index contributed by atoms with van der Waals surface area (Å²) in [5, 5.41) is 10.5. The molecule has 0 bridgehead atoms. The predicted octanol–water partition coefficient (Wildman–Crippen LogP) is 2.66. The maximum Gasteiger partial charge on any atom is 0.261 e. The van der Waals surface area contributed by atoms with Gasteiger partial charge in [-0.2, -0.15) is 15.7 Å². The lowest BCUT2D eigenvalue weighted by Gasteiger charge is -2.27. The second-order valence-corrected chi connectivity index (χ2v) is 7.42. The van der Waals surface area contributed by atoms with E-state index < -0.39 is 10.6 Å². The molecule has 22 heavy (non-hydrogen) atoms. The van der Waals surface area contributed by atoms with Crippen LogP contribution in [0, 0.1) is 0 Å². The van der Waals surface area contributed by atoms with E-state index in [4.69, 9.17) is 0 Å². The van der Waals surface area contributed by atoms with E-state index in [-0.39, 0.29) is 5.56 Å². The van der Waals surface area contributed by atoms with Crippen LogP contribution in [0.15, 0.2) is 40.2 Å². The van der Waals surface area contributed by atoms with Gasteiger partial charge in [-0.15, -0.1) is 0 Å². The van der Waals surface area contributed by atoms with Crippen LogP contribution in [-0.4, -0.2) is 30.0 Å². The minimum Gasteiger partial charge on any atom is -0.338 e. The van der Waals surface area contributed by atoms with Gasteiger partial charge in [0.15, 0.2) is 5.82 Å². The first-order valence-electron chi connectivity index (χ1n) is 6.76. The maximum atomic E-state index is 11.9. The number of aromatic nitrogens is 3. The van der Waals surface area contributed by atoms with Gasteiger partial charge >= 0.3 is 0 Å². The summed E-state index contributed by atoms with van der Waals surface area (Å²) in [5.74, 6) is 0.818. The fraction of sp³-hybridized carbons (Fsp3) is 0.143. The Morgan fingerprint density at radius 2 is 2.14 bits per heavy atom. The number of fused-ring (bicyclic) bond motifs is 2. The molecule has 4 rings (SSSR count). The molecule has 0 aliphatic carbocycles. The molecule has 0 amide bonds. The molecule has 3 heterocycles. The van der Waals surface area contributed by atoms with Gasteiger partial charge in [-0.25, -0.2) is 0 Å². The van der Waals surface area contributed by atoms with Crippen LogP contribution in [0.1, 0.15) is 5.56 Å². The average molecular weight is 318 g/mol. The third-order valence-corrected chi connectivity index (χ3v) is 5.69. The molecule has 0 fully saturated rings. The van der Waals surface area contributed by atoms with Crippen molar-refractivity contribution in [3.63, 3.8) is 0 Å². The number of hydrogen-bond acceptors (Lipinski definition) is 5. The summed E-state index contributed by atoms with van der Waals surface area (Å²) in [6.07, 6.45) is 2.20. The second-order valence-electron chi connectivity index (χ2n) is 5.24. The molecule has 0 saturated heterocycles. The molecular weight excluding hydrogens is 304 g/mol. The highest BCUT2D eigenvalue weighted by molar-refractivity contribution is 8.24. The fourth-order valence-corrected chi connectivity index (χ4v) is 4.33. The zero-order valence-corrected chi connectivity index (χ0v) is 12.3. The molecule has 3 aromatic rings. The van der Waals surface area contributed by atoms with Crippen LogP contribution in [0.25, 0.3) is 10.9 Å². The van der Waals surface area contributed by atoms with Crippen LogP contribution in [0.5, 0.6) is 0 Å². The number of rotatable bonds is 2. The van der Waals surface area contributed by atoms with Crippen molar-refractivity contribution in [1.82, 2.24) is 15.2 Å². The lowest BCUT2D eigenvalue weighted by Crippen LogP contribution is -2.05. The van der Waals surface area contributed by atoms with Crippen LogP contribution in [0.4, 0.5) is 11.5 Å². The van der Waals surface area contributed by atoms with Crippen molar-refractivity contribution < 1.29 is 9.11 Å². The molecule has 7 nitrogen and oxygen atoms in total. The van der Waals surface area contributed by atoms with E-state index in [1.807, 2.05) is 6.07 Å². The third kappa shape index (κ3) is 2.00. The maximum absolute atomic E-state index is 11.9. The lowest BCUT2D eigenvalue weighted by atomic mass is 10.1. The van der Waals surface area contributed by atoms with Gasteiger partial charge in [0, 0.05) is 17.6 Å². The van der Waals surface area contributed by atoms with Crippen LogP contribution in [-0.2, 0) is 6.42 Å². The highest BCUT2D eigenvalue weighted by Crippen LogP contribution is 2.55. The van der Waals surface area contributed by atoms with Crippen molar-refractivity contribution in [2.75, 3.05) is 11.1 Å². The second kappa shape index (κ2) is 4.60. The van der Waals surface area contributed by atoms with Crippen molar-refractivity contribution in [2.24, 2.45) is 0 Å². The van der Waals surface area contributed by atoms with Gasteiger partial charge in [0.05, 0.1) is 10.4 Å². The molecule has 1 aliphatic rings. The number of aryl methyl sites for hydroxylation is 1. The highest BCUT2D eigenvalue weighted by Gasteiger charge is 2.26.